The molecule has 0 saturated carbocycles. The lowest BCUT2D eigenvalue weighted by Crippen LogP contribution is -2.41. The maximum Gasteiger partial charge on any atom is 0.238 e. The van der Waals surface area contributed by atoms with Crippen molar-refractivity contribution < 1.29 is 22.0 Å². The summed E-state index contributed by atoms with van der Waals surface area (Å²) < 4.78 is 42.7. The van der Waals surface area contributed by atoms with E-state index in [0.29, 0.717) is 23.7 Å². The van der Waals surface area contributed by atoms with Crippen LogP contribution in [0.2, 0.25) is 5.02 Å². The van der Waals surface area contributed by atoms with Crippen molar-refractivity contribution in [1.82, 2.24) is 4.90 Å². The van der Waals surface area contributed by atoms with Gasteiger partial charge in [0.25, 0.3) is 0 Å². The third-order valence-electron chi connectivity index (χ3n) is 4.21. The molecule has 1 aliphatic rings. The molecule has 1 aromatic carbocycles. The van der Waals surface area contributed by atoms with Gasteiger partial charge in [-0.3, -0.25) is 9.69 Å². The number of hydrogen-bond donors (Lipinski definition) is 1. The molecule has 1 N–H and O–H groups in total. The van der Waals surface area contributed by atoms with Gasteiger partial charge >= 0.3 is 0 Å². The second-order valence-corrected chi connectivity index (χ2v) is 8.88. The summed E-state index contributed by atoms with van der Waals surface area (Å²) in [5.41, 5.74) is -0.0144. The summed E-state index contributed by atoms with van der Waals surface area (Å²) in [4.78, 5) is 14.1. The van der Waals surface area contributed by atoms with Crippen LogP contribution in [0, 0.1) is 5.82 Å². The van der Waals surface area contributed by atoms with Crippen molar-refractivity contribution >= 4 is 33.0 Å². The van der Waals surface area contributed by atoms with E-state index in [1.807, 2.05) is 0 Å². The van der Waals surface area contributed by atoms with Crippen LogP contribution in [0.3, 0.4) is 0 Å². The first-order valence-corrected chi connectivity index (χ1v) is 10.2. The van der Waals surface area contributed by atoms with E-state index in [0.717, 1.165) is 0 Å². The minimum atomic E-state index is -3.11. The maximum atomic E-state index is 13.8. The molecule has 2 heterocycles. The molecule has 6 nitrogen and oxygen atoms in total. The van der Waals surface area contributed by atoms with Crippen LogP contribution in [-0.2, 0) is 21.2 Å². The fourth-order valence-electron chi connectivity index (χ4n) is 2.95. The standard InChI is InChI=1S/C17H18ClFN2O4S/c18-12-3-4-15(19)16(8-12)20-17(22)10-21(9-14-2-1-6-25-14)13-5-7-26(23,24)11-13/h1-4,6,8,13H,5,7,9-11H2,(H,20,22)/t13-/m1/s1. The van der Waals surface area contributed by atoms with Gasteiger partial charge in [0.05, 0.1) is 36.5 Å². The summed E-state index contributed by atoms with van der Waals surface area (Å²) in [5, 5.41) is 2.79. The van der Waals surface area contributed by atoms with Gasteiger partial charge in [0.1, 0.15) is 11.6 Å². The third kappa shape index (κ3) is 4.84. The third-order valence-corrected chi connectivity index (χ3v) is 6.20. The van der Waals surface area contributed by atoms with Gasteiger partial charge in [0.15, 0.2) is 9.84 Å². The Balaban J connectivity index is 1.72. The fraction of sp³-hybridized carbons (Fsp3) is 0.353. The second-order valence-electron chi connectivity index (χ2n) is 6.21. The first kappa shape index (κ1) is 18.9. The van der Waals surface area contributed by atoms with Gasteiger partial charge in [-0.25, -0.2) is 12.8 Å². The van der Waals surface area contributed by atoms with E-state index in [-0.39, 0.29) is 29.8 Å². The molecule has 1 amide bonds. The molecule has 0 bridgehead atoms. The van der Waals surface area contributed by atoms with E-state index >= 15 is 0 Å². The van der Waals surface area contributed by atoms with Crippen LogP contribution in [0.5, 0.6) is 0 Å². The minimum Gasteiger partial charge on any atom is -0.468 e. The van der Waals surface area contributed by atoms with Crippen molar-refractivity contribution in [2.75, 3.05) is 23.4 Å². The van der Waals surface area contributed by atoms with Crippen molar-refractivity contribution in [3.8, 4) is 0 Å². The number of benzene rings is 1. The fourth-order valence-corrected chi connectivity index (χ4v) is 4.88. The molecule has 1 aliphatic heterocycles. The number of anilines is 1. The van der Waals surface area contributed by atoms with Crippen molar-refractivity contribution in [2.45, 2.75) is 19.0 Å². The van der Waals surface area contributed by atoms with Gasteiger partial charge in [-0.15, -0.1) is 0 Å². The minimum absolute atomic E-state index is 0.00743. The second kappa shape index (κ2) is 7.77. The zero-order valence-electron chi connectivity index (χ0n) is 13.8. The number of nitrogens with one attached hydrogen (secondary N) is 1. The highest BCUT2D eigenvalue weighted by atomic mass is 35.5. The maximum absolute atomic E-state index is 13.8. The smallest absolute Gasteiger partial charge is 0.238 e. The summed E-state index contributed by atoms with van der Waals surface area (Å²) >= 11 is 5.83. The van der Waals surface area contributed by atoms with Gasteiger partial charge in [0, 0.05) is 11.1 Å². The van der Waals surface area contributed by atoms with Crippen LogP contribution in [-0.4, -0.2) is 43.3 Å². The monoisotopic (exact) mass is 400 g/mol. The van der Waals surface area contributed by atoms with Gasteiger partial charge in [0.2, 0.25) is 5.91 Å². The van der Waals surface area contributed by atoms with E-state index in [4.69, 9.17) is 16.0 Å². The van der Waals surface area contributed by atoms with Crippen LogP contribution in [0.4, 0.5) is 10.1 Å². The Morgan fingerprint density at radius 1 is 1.38 bits per heavy atom. The molecule has 1 atom stereocenters. The molecular weight excluding hydrogens is 383 g/mol. The lowest BCUT2D eigenvalue weighted by atomic mass is 10.2. The zero-order valence-corrected chi connectivity index (χ0v) is 15.4. The molecule has 9 heteroatoms. The van der Waals surface area contributed by atoms with Crippen LogP contribution in [0.25, 0.3) is 0 Å². The van der Waals surface area contributed by atoms with E-state index in [9.17, 15) is 17.6 Å². The zero-order chi connectivity index (χ0) is 18.7. The highest BCUT2D eigenvalue weighted by Crippen LogP contribution is 2.22. The Kier molecular flexibility index (Phi) is 5.64. The van der Waals surface area contributed by atoms with Crippen LogP contribution >= 0.6 is 11.6 Å². The Bertz CT molecular complexity index is 886. The highest BCUT2D eigenvalue weighted by molar-refractivity contribution is 7.91. The number of sulfone groups is 1. The molecule has 3 rings (SSSR count). The summed E-state index contributed by atoms with van der Waals surface area (Å²) in [6.45, 7) is 0.200. The predicted molar refractivity (Wildman–Crippen MR) is 96.2 cm³/mol. The summed E-state index contributed by atoms with van der Waals surface area (Å²) in [6.07, 6.45) is 1.96. The van der Waals surface area contributed by atoms with E-state index in [2.05, 4.69) is 5.32 Å². The highest BCUT2D eigenvalue weighted by Gasteiger charge is 2.33. The molecule has 2 aromatic rings. The molecule has 0 unspecified atom stereocenters. The van der Waals surface area contributed by atoms with Gasteiger partial charge in [-0.2, -0.15) is 0 Å². The SMILES string of the molecule is O=C(CN(Cc1ccco1)[C@@H]1CCS(=O)(=O)C1)Nc1cc(Cl)ccc1F. The number of carbonyl (C=O) groups is 1. The van der Waals surface area contributed by atoms with Crippen molar-refractivity contribution in [3.05, 3.63) is 53.2 Å². The lowest BCUT2D eigenvalue weighted by molar-refractivity contribution is -0.118. The number of carbonyl (C=O) groups excluding carboxylic acids is 1. The van der Waals surface area contributed by atoms with Crippen LogP contribution < -0.4 is 5.32 Å². The Labute approximate surface area is 155 Å². The molecule has 0 spiro atoms. The molecule has 140 valence electrons. The van der Waals surface area contributed by atoms with Crippen molar-refractivity contribution in [1.29, 1.82) is 0 Å². The molecular formula is C17H18ClFN2O4S. The van der Waals surface area contributed by atoms with E-state index < -0.39 is 21.6 Å². The van der Waals surface area contributed by atoms with E-state index in [1.165, 1.54) is 24.5 Å². The van der Waals surface area contributed by atoms with Crippen LogP contribution in [0.15, 0.2) is 41.0 Å². The Hall–Kier alpha value is -1.90. The Morgan fingerprint density at radius 3 is 2.85 bits per heavy atom. The summed E-state index contributed by atoms with van der Waals surface area (Å²) in [5.74, 6) is -0.342. The largest absolute Gasteiger partial charge is 0.468 e. The quantitative estimate of drug-likeness (QED) is 0.806. The topological polar surface area (TPSA) is 79.6 Å². The van der Waals surface area contributed by atoms with E-state index in [1.54, 1.807) is 17.0 Å². The molecule has 0 aliphatic carbocycles. The molecule has 1 saturated heterocycles. The first-order chi connectivity index (χ1) is 12.3. The summed E-state index contributed by atoms with van der Waals surface area (Å²) in [7, 11) is -3.11. The number of rotatable bonds is 6. The number of nitrogens with zero attached hydrogens (tertiary/aromatic N) is 1. The lowest BCUT2D eigenvalue weighted by Gasteiger charge is -2.26. The van der Waals surface area contributed by atoms with Crippen LogP contribution in [0.1, 0.15) is 12.2 Å². The number of furan rings is 1. The van der Waals surface area contributed by atoms with Crippen molar-refractivity contribution in [3.63, 3.8) is 0 Å². The number of hydrogen-bond acceptors (Lipinski definition) is 5. The normalized spacial score (nSPS) is 19.0. The molecule has 26 heavy (non-hydrogen) atoms. The predicted octanol–water partition coefficient (Wildman–Crippen LogP) is 2.70. The van der Waals surface area contributed by atoms with Gasteiger partial charge in [-0.05, 0) is 36.8 Å². The molecule has 0 radical (unpaired) electrons. The Morgan fingerprint density at radius 2 is 2.19 bits per heavy atom. The average Bonchev–Trinajstić information content (AvgIpc) is 3.19. The number of halogens is 2. The molecule has 1 aromatic heterocycles. The molecule has 1 fully saturated rings. The average molecular weight is 401 g/mol. The summed E-state index contributed by atoms with van der Waals surface area (Å²) in [6, 6.07) is 7.07. The number of amides is 1. The van der Waals surface area contributed by atoms with Gasteiger partial charge in [-0.1, -0.05) is 11.6 Å². The first-order valence-electron chi connectivity index (χ1n) is 8.04. The van der Waals surface area contributed by atoms with Crippen molar-refractivity contribution in [2.24, 2.45) is 0 Å². The van der Waals surface area contributed by atoms with Gasteiger partial charge < -0.3 is 9.73 Å².